The van der Waals surface area contributed by atoms with E-state index in [9.17, 15) is 14.4 Å². The first-order chi connectivity index (χ1) is 13.4. The predicted octanol–water partition coefficient (Wildman–Crippen LogP) is 3.76. The second kappa shape index (κ2) is 8.08. The van der Waals surface area contributed by atoms with Crippen molar-refractivity contribution >= 4 is 28.5 Å². The highest BCUT2D eigenvalue weighted by atomic mass is 16.5. The number of aryl methyl sites for hydroxylation is 2. The van der Waals surface area contributed by atoms with Gasteiger partial charge < -0.3 is 14.6 Å². The van der Waals surface area contributed by atoms with E-state index in [1.165, 1.54) is 0 Å². The van der Waals surface area contributed by atoms with Crippen LogP contribution in [0.3, 0.4) is 0 Å². The van der Waals surface area contributed by atoms with Gasteiger partial charge in [-0.25, -0.2) is 4.79 Å². The molecule has 0 saturated carbocycles. The summed E-state index contributed by atoms with van der Waals surface area (Å²) in [5.41, 5.74) is 2.95. The highest BCUT2D eigenvalue weighted by Crippen LogP contribution is 2.17. The summed E-state index contributed by atoms with van der Waals surface area (Å²) in [5.74, 6) is -0.730. The minimum Gasteiger partial charge on any atom is -0.462 e. The van der Waals surface area contributed by atoms with Gasteiger partial charge in [-0.05, 0) is 63.2 Å². The zero-order chi connectivity index (χ0) is 20.3. The van der Waals surface area contributed by atoms with Crippen molar-refractivity contribution in [3.8, 4) is 0 Å². The average Bonchev–Trinajstić information content (AvgIpc) is 2.68. The summed E-state index contributed by atoms with van der Waals surface area (Å²) in [6, 6.07) is 13.2. The number of anilines is 1. The lowest BCUT2D eigenvalue weighted by Gasteiger charge is -2.13. The van der Waals surface area contributed by atoms with Crippen LogP contribution in [0.5, 0.6) is 0 Å². The van der Waals surface area contributed by atoms with E-state index in [1.54, 1.807) is 55.5 Å². The summed E-state index contributed by atoms with van der Waals surface area (Å²) in [7, 11) is 0. The maximum absolute atomic E-state index is 12.6. The van der Waals surface area contributed by atoms with Crippen LogP contribution in [0.4, 0.5) is 5.69 Å². The summed E-state index contributed by atoms with van der Waals surface area (Å²) < 4.78 is 6.97. The Morgan fingerprint density at radius 2 is 1.68 bits per heavy atom. The van der Waals surface area contributed by atoms with Crippen molar-refractivity contribution in [2.75, 3.05) is 11.9 Å². The largest absolute Gasteiger partial charge is 0.462 e. The highest BCUT2D eigenvalue weighted by Gasteiger charge is 2.12. The van der Waals surface area contributed by atoms with Gasteiger partial charge in [0.05, 0.1) is 17.7 Å². The molecule has 0 bridgehead atoms. The number of pyridine rings is 1. The molecule has 0 aliphatic heterocycles. The summed E-state index contributed by atoms with van der Waals surface area (Å²) >= 11 is 0. The molecule has 144 valence electrons. The lowest BCUT2D eigenvalue weighted by molar-refractivity contribution is 0.0526. The van der Waals surface area contributed by atoms with E-state index < -0.39 is 5.97 Å². The second-order valence-corrected chi connectivity index (χ2v) is 6.38. The number of carbonyl (C=O) groups is 2. The minimum atomic E-state index is -0.405. The molecule has 6 nitrogen and oxygen atoms in total. The topological polar surface area (TPSA) is 77.4 Å². The van der Waals surface area contributed by atoms with Crippen molar-refractivity contribution in [3.63, 3.8) is 0 Å². The molecule has 3 aromatic rings. The summed E-state index contributed by atoms with van der Waals surface area (Å²) in [4.78, 5) is 36.7. The number of rotatable bonds is 5. The number of amides is 1. The predicted molar refractivity (Wildman–Crippen MR) is 109 cm³/mol. The number of ether oxygens (including phenoxy) is 1. The molecule has 0 saturated heterocycles. The Morgan fingerprint density at radius 1 is 1.00 bits per heavy atom. The number of fused-ring (bicyclic) bond motifs is 1. The third-order valence-corrected chi connectivity index (χ3v) is 4.55. The molecule has 0 unspecified atom stereocenters. The number of esters is 1. The maximum atomic E-state index is 12.6. The Morgan fingerprint density at radius 3 is 2.32 bits per heavy atom. The molecule has 1 amide bonds. The standard InChI is InChI=1S/C22H22N2O4/c1-4-24-14(3)12-20(25)18-13-16(8-11-19(18)24)21(26)23-17-9-6-15(7-10-17)22(27)28-5-2/h6-13H,4-5H2,1-3H3,(H,23,26). The number of carbonyl (C=O) groups excluding carboxylic acids is 2. The number of hydrogen-bond donors (Lipinski definition) is 1. The van der Waals surface area contributed by atoms with E-state index in [2.05, 4.69) is 5.32 Å². The van der Waals surface area contributed by atoms with Gasteiger partial charge in [0.25, 0.3) is 5.91 Å². The number of benzene rings is 2. The van der Waals surface area contributed by atoms with Crippen molar-refractivity contribution < 1.29 is 14.3 Å². The fraction of sp³-hybridized carbons (Fsp3) is 0.227. The number of hydrogen-bond acceptors (Lipinski definition) is 4. The first kappa shape index (κ1) is 19.4. The molecule has 0 fully saturated rings. The molecule has 28 heavy (non-hydrogen) atoms. The molecule has 0 aliphatic carbocycles. The molecule has 1 aromatic heterocycles. The van der Waals surface area contributed by atoms with Crippen LogP contribution >= 0.6 is 0 Å². The molecule has 0 atom stereocenters. The zero-order valence-electron chi connectivity index (χ0n) is 16.1. The lowest BCUT2D eigenvalue weighted by atomic mass is 10.1. The van der Waals surface area contributed by atoms with Crippen molar-refractivity contribution in [1.82, 2.24) is 4.57 Å². The quantitative estimate of drug-likeness (QED) is 0.686. The van der Waals surface area contributed by atoms with Gasteiger partial charge in [0.2, 0.25) is 0 Å². The Hall–Kier alpha value is -3.41. The van der Waals surface area contributed by atoms with Crippen LogP contribution in [0, 0.1) is 6.92 Å². The van der Waals surface area contributed by atoms with E-state index in [-0.39, 0.29) is 11.3 Å². The van der Waals surface area contributed by atoms with E-state index in [1.807, 2.05) is 18.4 Å². The van der Waals surface area contributed by atoms with Crippen LogP contribution in [-0.2, 0) is 11.3 Å². The summed E-state index contributed by atoms with van der Waals surface area (Å²) in [5, 5.41) is 3.29. The monoisotopic (exact) mass is 378 g/mol. The molecular formula is C22H22N2O4. The molecule has 3 rings (SSSR count). The van der Waals surface area contributed by atoms with Gasteiger partial charge in [-0.3, -0.25) is 9.59 Å². The van der Waals surface area contributed by atoms with Gasteiger partial charge in [-0.2, -0.15) is 0 Å². The van der Waals surface area contributed by atoms with Crippen LogP contribution in [0.25, 0.3) is 10.9 Å². The molecule has 0 spiro atoms. The molecule has 1 N–H and O–H groups in total. The third kappa shape index (κ3) is 3.81. The Kier molecular flexibility index (Phi) is 5.59. The van der Waals surface area contributed by atoms with Crippen molar-refractivity contribution in [1.29, 1.82) is 0 Å². The first-order valence-electron chi connectivity index (χ1n) is 9.17. The van der Waals surface area contributed by atoms with Gasteiger partial charge in [-0.15, -0.1) is 0 Å². The van der Waals surface area contributed by atoms with Crippen molar-refractivity contribution in [3.05, 3.63) is 75.6 Å². The molecule has 6 heteroatoms. The lowest BCUT2D eigenvalue weighted by Crippen LogP contribution is -2.15. The fourth-order valence-electron chi connectivity index (χ4n) is 3.17. The zero-order valence-corrected chi connectivity index (χ0v) is 16.1. The average molecular weight is 378 g/mol. The highest BCUT2D eigenvalue weighted by molar-refractivity contribution is 6.06. The minimum absolute atomic E-state index is 0.106. The van der Waals surface area contributed by atoms with Crippen LogP contribution in [0.1, 0.15) is 40.3 Å². The first-order valence-corrected chi connectivity index (χ1v) is 9.17. The molecule has 0 radical (unpaired) electrons. The summed E-state index contributed by atoms with van der Waals surface area (Å²) in [6.07, 6.45) is 0. The normalized spacial score (nSPS) is 10.7. The Bertz CT molecular complexity index is 1100. The van der Waals surface area contributed by atoms with E-state index in [0.717, 1.165) is 17.8 Å². The Balaban J connectivity index is 1.86. The third-order valence-electron chi connectivity index (χ3n) is 4.55. The van der Waals surface area contributed by atoms with Crippen LogP contribution in [-0.4, -0.2) is 23.1 Å². The van der Waals surface area contributed by atoms with Crippen LogP contribution < -0.4 is 10.7 Å². The Labute approximate surface area is 162 Å². The molecule has 2 aromatic carbocycles. The van der Waals surface area contributed by atoms with Crippen LogP contribution in [0.15, 0.2) is 53.3 Å². The van der Waals surface area contributed by atoms with Gasteiger partial charge in [0, 0.05) is 34.9 Å². The van der Waals surface area contributed by atoms with E-state index in [4.69, 9.17) is 4.74 Å². The van der Waals surface area contributed by atoms with Gasteiger partial charge in [0.15, 0.2) is 5.43 Å². The second-order valence-electron chi connectivity index (χ2n) is 6.38. The van der Waals surface area contributed by atoms with Crippen molar-refractivity contribution in [2.24, 2.45) is 0 Å². The summed E-state index contributed by atoms with van der Waals surface area (Å²) in [6.45, 7) is 6.69. The SMILES string of the molecule is CCOC(=O)c1ccc(NC(=O)c2ccc3c(c2)c(=O)cc(C)n3CC)cc1. The number of aromatic nitrogens is 1. The number of nitrogens with one attached hydrogen (secondary N) is 1. The van der Waals surface area contributed by atoms with Gasteiger partial charge in [-0.1, -0.05) is 0 Å². The molecule has 1 heterocycles. The number of nitrogens with zero attached hydrogens (tertiary/aromatic N) is 1. The molecule has 0 aliphatic rings. The van der Waals surface area contributed by atoms with E-state index >= 15 is 0 Å². The van der Waals surface area contributed by atoms with Crippen molar-refractivity contribution in [2.45, 2.75) is 27.3 Å². The fourth-order valence-corrected chi connectivity index (χ4v) is 3.17. The van der Waals surface area contributed by atoms with E-state index in [0.29, 0.717) is 28.8 Å². The van der Waals surface area contributed by atoms with Gasteiger partial charge >= 0.3 is 5.97 Å². The van der Waals surface area contributed by atoms with Crippen LogP contribution in [0.2, 0.25) is 0 Å². The molecular weight excluding hydrogens is 356 g/mol. The maximum Gasteiger partial charge on any atom is 0.338 e. The smallest absolute Gasteiger partial charge is 0.338 e. The van der Waals surface area contributed by atoms with Gasteiger partial charge in [0.1, 0.15) is 0 Å².